The molecule has 0 aliphatic heterocycles. The van der Waals surface area contributed by atoms with E-state index in [1.165, 1.54) is 6.42 Å². The first-order valence-corrected chi connectivity index (χ1v) is 8.29. The highest BCUT2D eigenvalue weighted by molar-refractivity contribution is 5.86. The van der Waals surface area contributed by atoms with Gasteiger partial charge in [-0.1, -0.05) is 19.8 Å². The Morgan fingerprint density at radius 3 is 2.29 bits per heavy atom. The van der Waals surface area contributed by atoms with Crippen LogP contribution in [0.1, 0.15) is 65.2 Å². The molecule has 0 bridgehead atoms. The number of urea groups is 1. The first kappa shape index (κ1) is 16.1. The summed E-state index contributed by atoms with van der Waals surface area (Å²) >= 11 is 0. The number of carboxylic acid groups (broad SMARTS) is 1. The molecule has 3 N–H and O–H groups in total. The van der Waals surface area contributed by atoms with Crippen LogP contribution in [0.15, 0.2) is 0 Å². The largest absolute Gasteiger partial charge is 0.480 e. The van der Waals surface area contributed by atoms with Crippen molar-refractivity contribution in [2.45, 2.75) is 76.8 Å². The van der Waals surface area contributed by atoms with E-state index in [9.17, 15) is 14.7 Å². The van der Waals surface area contributed by atoms with E-state index in [4.69, 9.17) is 0 Å². The van der Waals surface area contributed by atoms with Gasteiger partial charge in [0.25, 0.3) is 0 Å². The van der Waals surface area contributed by atoms with Crippen molar-refractivity contribution in [1.82, 2.24) is 10.6 Å². The van der Waals surface area contributed by atoms with Crippen LogP contribution in [0.5, 0.6) is 0 Å². The molecule has 2 aliphatic rings. The first-order valence-electron chi connectivity index (χ1n) is 8.29. The zero-order valence-corrected chi connectivity index (χ0v) is 13.2. The van der Waals surface area contributed by atoms with Crippen LogP contribution >= 0.6 is 0 Å². The van der Waals surface area contributed by atoms with Gasteiger partial charge in [-0.15, -0.1) is 0 Å². The minimum absolute atomic E-state index is 0.122. The lowest BCUT2D eigenvalue weighted by molar-refractivity contribution is -0.146. The molecule has 5 heteroatoms. The lowest BCUT2D eigenvalue weighted by Crippen LogP contribution is -2.60. The molecule has 2 saturated carbocycles. The number of amides is 2. The fourth-order valence-corrected chi connectivity index (χ4v) is 3.49. The van der Waals surface area contributed by atoms with E-state index in [0.717, 1.165) is 32.1 Å². The van der Waals surface area contributed by atoms with Crippen molar-refractivity contribution < 1.29 is 14.7 Å². The van der Waals surface area contributed by atoms with Crippen LogP contribution in [0.3, 0.4) is 0 Å². The molecule has 2 fully saturated rings. The van der Waals surface area contributed by atoms with Gasteiger partial charge in [0.1, 0.15) is 5.54 Å². The van der Waals surface area contributed by atoms with Crippen molar-refractivity contribution in [2.75, 3.05) is 0 Å². The number of nitrogens with one attached hydrogen (secondary N) is 2. The van der Waals surface area contributed by atoms with E-state index in [-0.39, 0.29) is 12.1 Å². The van der Waals surface area contributed by atoms with Crippen LogP contribution < -0.4 is 10.6 Å². The van der Waals surface area contributed by atoms with E-state index in [0.29, 0.717) is 24.7 Å². The number of hydrogen-bond acceptors (Lipinski definition) is 2. The summed E-state index contributed by atoms with van der Waals surface area (Å²) in [6, 6.07) is -0.205. The van der Waals surface area contributed by atoms with Crippen molar-refractivity contribution >= 4 is 12.0 Å². The van der Waals surface area contributed by atoms with Gasteiger partial charge in [-0.25, -0.2) is 9.59 Å². The summed E-state index contributed by atoms with van der Waals surface area (Å²) in [5.74, 6) is 0.243. The summed E-state index contributed by atoms with van der Waals surface area (Å²) in [4.78, 5) is 23.8. The number of carbonyl (C=O) groups is 2. The molecule has 0 aromatic rings. The normalized spacial score (nSPS) is 31.0. The molecule has 0 spiro atoms. The molecule has 5 nitrogen and oxygen atoms in total. The van der Waals surface area contributed by atoms with Crippen LogP contribution in [0, 0.1) is 11.8 Å². The monoisotopic (exact) mass is 296 g/mol. The standard InChI is InChI=1S/C16H28N2O3/c1-3-12-7-9-16(10-8-12,14(19)20)18-15(21)17-11(2)13-5-4-6-13/h11-13H,3-10H2,1-2H3,(H,19,20)(H2,17,18,21). The van der Waals surface area contributed by atoms with E-state index < -0.39 is 11.5 Å². The van der Waals surface area contributed by atoms with Gasteiger partial charge in [-0.2, -0.15) is 0 Å². The maximum Gasteiger partial charge on any atom is 0.329 e. The van der Waals surface area contributed by atoms with Crippen LogP contribution in [0.25, 0.3) is 0 Å². The molecule has 0 aromatic carbocycles. The Balaban J connectivity index is 1.90. The van der Waals surface area contributed by atoms with E-state index >= 15 is 0 Å². The highest BCUT2D eigenvalue weighted by Crippen LogP contribution is 2.34. The zero-order chi connectivity index (χ0) is 15.5. The molecule has 2 amide bonds. The molecule has 120 valence electrons. The molecule has 2 aliphatic carbocycles. The molecule has 2 rings (SSSR count). The van der Waals surface area contributed by atoms with Crippen LogP contribution in [0.4, 0.5) is 4.79 Å². The molecule has 0 saturated heterocycles. The Morgan fingerprint density at radius 2 is 1.86 bits per heavy atom. The summed E-state index contributed by atoms with van der Waals surface area (Å²) in [7, 11) is 0. The second kappa shape index (κ2) is 6.67. The van der Waals surface area contributed by atoms with Crippen molar-refractivity contribution in [2.24, 2.45) is 11.8 Å². The maximum absolute atomic E-state index is 12.1. The van der Waals surface area contributed by atoms with E-state index in [2.05, 4.69) is 17.6 Å². The Morgan fingerprint density at radius 1 is 1.24 bits per heavy atom. The third kappa shape index (κ3) is 3.69. The van der Waals surface area contributed by atoms with Crippen molar-refractivity contribution in [1.29, 1.82) is 0 Å². The van der Waals surface area contributed by atoms with E-state index in [1.807, 2.05) is 6.92 Å². The number of aliphatic carboxylic acids is 1. The van der Waals surface area contributed by atoms with Crippen molar-refractivity contribution in [3.63, 3.8) is 0 Å². The number of hydrogen-bond donors (Lipinski definition) is 3. The van der Waals surface area contributed by atoms with Gasteiger partial charge in [0.05, 0.1) is 0 Å². The Labute approximate surface area is 126 Å². The molecule has 0 heterocycles. The summed E-state index contributed by atoms with van der Waals surface area (Å²) in [5.41, 5.74) is -1.07. The second-order valence-corrected chi connectivity index (χ2v) is 6.82. The summed E-state index contributed by atoms with van der Waals surface area (Å²) in [5, 5.41) is 15.2. The number of carboxylic acids is 1. The quantitative estimate of drug-likeness (QED) is 0.730. The van der Waals surface area contributed by atoms with Gasteiger partial charge in [0.15, 0.2) is 0 Å². The van der Waals surface area contributed by atoms with Crippen molar-refractivity contribution in [3.8, 4) is 0 Å². The molecule has 0 radical (unpaired) electrons. The third-order valence-corrected chi connectivity index (χ3v) is 5.51. The topological polar surface area (TPSA) is 78.4 Å². The molecular weight excluding hydrogens is 268 g/mol. The maximum atomic E-state index is 12.1. The summed E-state index contributed by atoms with van der Waals surface area (Å²) in [6.07, 6.45) is 7.45. The molecule has 0 aromatic heterocycles. The Hall–Kier alpha value is -1.26. The fourth-order valence-electron chi connectivity index (χ4n) is 3.49. The highest BCUT2D eigenvalue weighted by atomic mass is 16.4. The number of carbonyl (C=O) groups excluding carboxylic acids is 1. The van der Waals surface area contributed by atoms with Crippen LogP contribution in [-0.2, 0) is 4.79 Å². The lowest BCUT2D eigenvalue weighted by Gasteiger charge is -2.38. The summed E-state index contributed by atoms with van der Waals surface area (Å²) < 4.78 is 0. The average Bonchev–Trinajstić information content (AvgIpc) is 2.36. The molecular formula is C16H28N2O3. The predicted molar refractivity (Wildman–Crippen MR) is 81.1 cm³/mol. The molecule has 1 unspecified atom stereocenters. The average molecular weight is 296 g/mol. The summed E-state index contributed by atoms with van der Waals surface area (Å²) in [6.45, 7) is 4.14. The van der Waals surface area contributed by atoms with Crippen molar-refractivity contribution in [3.05, 3.63) is 0 Å². The van der Waals surface area contributed by atoms with Gasteiger partial charge < -0.3 is 15.7 Å². The molecule has 1 atom stereocenters. The second-order valence-electron chi connectivity index (χ2n) is 6.82. The Bertz CT molecular complexity index is 385. The van der Waals surface area contributed by atoms with E-state index in [1.54, 1.807) is 0 Å². The Kier molecular flexibility index (Phi) is 5.12. The van der Waals surface area contributed by atoms with Gasteiger partial charge >= 0.3 is 12.0 Å². The molecule has 21 heavy (non-hydrogen) atoms. The minimum atomic E-state index is -1.07. The van der Waals surface area contributed by atoms with Crippen LogP contribution in [-0.4, -0.2) is 28.7 Å². The highest BCUT2D eigenvalue weighted by Gasteiger charge is 2.43. The van der Waals surface area contributed by atoms with Gasteiger partial charge in [-0.05, 0) is 57.3 Å². The first-order chi connectivity index (χ1) is 9.97. The van der Waals surface area contributed by atoms with Gasteiger partial charge in [0.2, 0.25) is 0 Å². The SMILES string of the molecule is CCC1CCC(NC(=O)NC(C)C2CCC2)(C(=O)O)CC1. The minimum Gasteiger partial charge on any atom is -0.480 e. The third-order valence-electron chi connectivity index (χ3n) is 5.51. The van der Waals surface area contributed by atoms with Gasteiger partial charge in [0, 0.05) is 6.04 Å². The number of rotatable bonds is 5. The predicted octanol–water partition coefficient (Wildman–Crippen LogP) is 2.90. The van der Waals surface area contributed by atoms with Crippen LogP contribution in [0.2, 0.25) is 0 Å². The lowest BCUT2D eigenvalue weighted by atomic mass is 9.75. The van der Waals surface area contributed by atoms with Gasteiger partial charge in [-0.3, -0.25) is 0 Å². The smallest absolute Gasteiger partial charge is 0.329 e. The zero-order valence-electron chi connectivity index (χ0n) is 13.2. The fraction of sp³-hybridized carbons (Fsp3) is 0.875.